The van der Waals surface area contributed by atoms with Gasteiger partial charge in [-0.15, -0.1) is 0 Å². The molecule has 3 rings (SSSR count). The predicted molar refractivity (Wildman–Crippen MR) is 129 cm³/mol. The molecule has 1 amide bonds. The maximum atomic E-state index is 12.4. The van der Waals surface area contributed by atoms with E-state index in [1.807, 2.05) is 0 Å². The fraction of sp³-hybridized carbons (Fsp3) is 0.125. The van der Waals surface area contributed by atoms with Crippen molar-refractivity contribution >= 4 is 41.3 Å². The smallest absolute Gasteiger partial charge is 0.343 e. The standard InChI is InChI=1S/C24H20Cl2N2O6/c1-31-17-5-7-18(8-6-17)33-14-23(29)28-27-13-15-3-10-21(22(11-15)32-2)34-24(30)16-4-9-19(25)20(26)12-16/h3-13H,14H2,1-2H3,(H,28,29)/b27-13+. The van der Waals surface area contributed by atoms with Crippen LogP contribution in [0.3, 0.4) is 0 Å². The van der Waals surface area contributed by atoms with E-state index >= 15 is 0 Å². The van der Waals surface area contributed by atoms with Crippen molar-refractivity contribution < 1.29 is 28.5 Å². The van der Waals surface area contributed by atoms with E-state index in [1.165, 1.54) is 31.5 Å². The highest BCUT2D eigenvalue weighted by Gasteiger charge is 2.14. The molecule has 0 aromatic heterocycles. The van der Waals surface area contributed by atoms with Crippen LogP contribution in [0.4, 0.5) is 0 Å². The maximum absolute atomic E-state index is 12.4. The van der Waals surface area contributed by atoms with Gasteiger partial charge < -0.3 is 18.9 Å². The summed E-state index contributed by atoms with van der Waals surface area (Å²) in [6.45, 7) is -0.212. The van der Waals surface area contributed by atoms with Gasteiger partial charge in [-0.05, 0) is 66.2 Å². The number of ether oxygens (including phenoxy) is 4. The van der Waals surface area contributed by atoms with Gasteiger partial charge >= 0.3 is 5.97 Å². The van der Waals surface area contributed by atoms with Crippen LogP contribution in [0.25, 0.3) is 0 Å². The molecule has 34 heavy (non-hydrogen) atoms. The highest BCUT2D eigenvalue weighted by Crippen LogP contribution is 2.29. The number of nitrogens with zero attached hydrogens (tertiary/aromatic N) is 1. The van der Waals surface area contributed by atoms with Gasteiger partial charge in [-0.25, -0.2) is 10.2 Å². The van der Waals surface area contributed by atoms with E-state index in [1.54, 1.807) is 49.6 Å². The number of nitrogens with one attached hydrogen (secondary N) is 1. The van der Waals surface area contributed by atoms with Crippen LogP contribution < -0.4 is 24.4 Å². The molecular weight excluding hydrogens is 483 g/mol. The molecule has 8 nitrogen and oxygen atoms in total. The molecule has 0 unspecified atom stereocenters. The Kier molecular flexibility index (Phi) is 8.73. The van der Waals surface area contributed by atoms with Crippen LogP contribution in [-0.2, 0) is 4.79 Å². The molecule has 0 saturated carbocycles. The van der Waals surface area contributed by atoms with Gasteiger partial charge in [0.25, 0.3) is 5.91 Å². The number of amides is 1. The van der Waals surface area contributed by atoms with Gasteiger partial charge in [0.1, 0.15) is 11.5 Å². The average molecular weight is 503 g/mol. The second-order valence-corrected chi connectivity index (χ2v) is 7.50. The number of hydrogen-bond donors (Lipinski definition) is 1. The van der Waals surface area contributed by atoms with Crippen LogP contribution >= 0.6 is 23.2 Å². The third-order valence-electron chi connectivity index (χ3n) is 4.38. The fourth-order valence-corrected chi connectivity index (χ4v) is 2.96. The Labute approximate surface area is 206 Å². The lowest BCUT2D eigenvalue weighted by Gasteiger charge is -2.10. The monoisotopic (exact) mass is 502 g/mol. The van der Waals surface area contributed by atoms with Crippen molar-refractivity contribution in [3.8, 4) is 23.0 Å². The first-order chi connectivity index (χ1) is 16.4. The molecule has 0 atom stereocenters. The number of carbonyl (C=O) groups is 2. The van der Waals surface area contributed by atoms with Crippen LogP contribution in [0.1, 0.15) is 15.9 Å². The van der Waals surface area contributed by atoms with Crippen molar-refractivity contribution in [1.29, 1.82) is 0 Å². The quantitative estimate of drug-likeness (QED) is 0.196. The Morgan fingerprint density at radius 2 is 1.62 bits per heavy atom. The van der Waals surface area contributed by atoms with Gasteiger partial charge in [-0.2, -0.15) is 5.10 Å². The molecule has 0 saturated heterocycles. The van der Waals surface area contributed by atoms with E-state index in [0.717, 1.165) is 0 Å². The largest absolute Gasteiger partial charge is 0.497 e. The van der Waals surface area contributed by atoms with Gasteiger partial charge in [-0.1, -0.05) is 23.2 Å². The number of hydrogen-bond acceptors (Lipinski definition) is 7. The zero-order valence-corrected chi connectivity index (χ0v) is 19.7. The van der Waals surface area contributed by atoms with Crippen molar-refractivity contribution in [2.45, 2.75) is 0 Å². The number of methoxy groups -OCH3 is 2. The zero-order chi connectivity index (χ0) is 24.5. The highest BCUT2D eigenvalue weighted by molar-refractivity contribution is 6.42. The lowest BCUT2D eigenvalue weighted by Crippen LogP contribution is -2.24. The maximum Gasteiger partial charge on any atom is 0.343 e. The number of hydrazone groups is 1. The van der Waals surface area contributed by atoms with E-state index < -0.39 is 11.9 Å². The Hall–Kier alpha value is -3.75. The van der Waals surface area contributed by atoms with E-state index in [9.17, 15) is 9.59 Å². The third-order valence-corrected chi connectivity index (χ3v) is 5.12. The van der Waals surface area contributed by atoms with E-state index in [0.29, 0.717) is 27.8 Å². The van der Waals surface area contributed by atoms with Crippen molar-refractivity contribution in [3.63, 3.8) is 0 Å². The molecule has 0 bridgehead atoms. The summed E-state index contributed by atoms with van der Waals surface area (Å²) in [5, 5.41) is 4.47. The normalized spacial score (nSPS) is 10.6. The Morgan fingerprint density at radius 1 is 0.882 bits per heavy atom. The van der Waals surface area contributed by atoms with Crippen LogP contribution in [0.2, 0.25) is 10.0 Å². The fourth-order valence-electron chi connectivity index (χ4n) is 2.66. The molecule has 10 heteroatoms. The van der Waals surface area contributed by atoms with Crippen LogP contribution in [0, 0.1) is 0 Å². The molecule has 0 aliphatic heterocycles. The summed E-state index contributed by atoms with van der Waals surface area (Å²) in [7, 11) is 3.00. The zero-order valence-electron chi connectivity index (χ0n) is 18.2. The van der Waals surface area contributed by atoms with Gasteiger partial charge in [0.05, 0.1) is 36.0 Å². The first-order valence-corrected chi connectivity index (χ1v) is 10.6. The lowest BCUT2D eigenvalue weighted by atomic mass is 10.2. The molecule has 0 fully saturated rings. The Bertz CT molecular complexity index is 1200. The molecule has 176 valence electrons. The second kappa shape index (κ2) is 11.9. The summed E-state index contributed by atoms with van der Waals surface area (Å²) in [6.07, 6.45) is 1.42. The average Bonchev–Trinajstić information content (AvgIpc) is 2.85. The van der Waals surface area contributed by atoms with Crippen LogP contribution in [0.15, 0.2) is 65.8 Å². The minimum Gasteiger partial charge on any atom is -0.497 e. The topological polar surface area (TPSA) is 95.5 Å². The number of esters is 1. The van der Waals surface area contributed by atoms with Crippen molar-refractivity contribution in [2.24, 2.45) is 5.10 Å². The minimum absolute atomic E-state index is 0.202. The van der Waals surface area contributed by atoms with Gasteiger partial charge in [0.2, 0.25) is 0 Å². The summed E-state index contributed by atoms with van der Waals surface area (Å²) in [6, 6.07) is 16.1. The van der Waals surface area contributed by atoms with E-state index in [4.69, 9.17) is 42.1 Å². The summed E-state index contributed by atoms with van der Waals surface area (Å²) in [5.41, 5.74) is 3.21. The Balaban J connectivity index is 1.56. The van der Waals surface area contributed by atoms with Crippen molar-refractivity contribution in [3.05, 3.63) is 81.8 Å². The molecule has 0 heterocycles. The molecule has 1 N–H and O–H groups in total. The number of carbonyl (C=O) groups excluding carboxylic acids is 2. The van der Waals surface area contributed by atoms with Gasteiger partial charge in [0, 0.05) is 0 Å². The van der Waals surface area contributed by atoms with Crippen LogP contribution in [-0.4, -0.2) is 38.9 Å². The molecule has 0 aliphatic rings. The summed E-state index contributed by atoms with van der Waals surface area (Å²) >= 11 is 11.8. The Morgan fingerprint density at radius 3 is 2.29 bits per heavy atom. The summed E-state index contributed by atoms with van der Waals surface area (Å²) in [4.78, 5) is 24.3. The predicted octanol–water partition coefficient (Wildman–Crippen LogP) is 4.76. The number of halogens is 2. The van der Waals surface area contributed by atoms with Crippen molar-refractivity contribution in [1.82, 2.24) is 5.43 Å². The number of benzene rings is 3. The van der Waals surface area contributed by atoms with Crippen molar-refractivity contribution in [2.75, 3.05) is 20.8 Å². The minimum atomic E-state index is -0.623. The molecule has 3 aromatic rings. The summed E-state index contributed by atoms with van der Waals surface area (Å²) in [5.74, 6) is 0.649. The third kappa shape index (κ3) is 6.87. The highest BCUT2D eigenvalue weighted by atomic mass is 35.5. The first kappa shape index (κ1) is 24.9. The molecule has 3 aromatic carbocycles. The SMILES string of the molecule is COc1ccc(OCC(=O)N/N=C/c2ccc(OC(=O)c3ccc(Cl)c(Cl)c3)c(OC)c2)cc1. The first-order valence-electron chi connectivity index (χ1n) is 9.83. The van der Waals surface area contributed by atoms with E-state index in [-0.39, 0.29) is 22.9 Å². The second-order valence-electron chi connectivity index (χ2n) is 6.69. The molecule has 0 radical (unpaired) electrons. The number of rotatable bonds is 9. The summed E-state index contributed by atoms with van der Waals surface area (Å²) < 4.78 is 21.1. The van der Waals surface area contributed by atoms with Gasteiger partial charge in [-0.3, -0.25) is 4.79 Å². The lowest BCUT2D eigenvalue weighted by molar-refractivity contribution is -0.123. The van der Waals surface area contributed by atoms with Gasteiger partial charge in [0.15, 0.2) is 18.1 Å². The van der Waals surface area contributed by atoms with E-state index in [2.05, 4.69) is 10.5 Å². The molecule has 0 spiro atoms. The molecule has 0 aliphatic carbocycles. The molecular formula is C24H20Cl2N2O6. The van der Waals surface area contributed by atoms with Crippen LogP contribution in [0.5, 0.6) is 23.0 Å².